The summed E-state index contributed by atoms with van der Waals surface area (Å²) in [7, 11) is 0. The van der Waals surface area contributed by atoms with Crippen LogP contribution in [0, 0.1) is 0 Å². The van der Waals surface area contributed by atoms with Crippen LogP contribution >= 0.6 is 23.4 Å². The van der Waals surface area contributed by atoms with E-state index in [4.69, 9.17) is 16.0 Å². The zero-order valence-corrected chi connectivity index (χ0v) is 14.5. The van der Waals surface area contributed by atoms with Crippen molar-refractivity contribution >= 4 is 29.3 Å². The molecule has 0 saturated heterocycles. The fraction of sp³-hybridized carbons (Fsp3) is 0.389. The van der Waals surface area contributed by atoms with Gasteiger partial charge in [-0.15, -0.1) is 11.8 Å². The summed E-state index contributed by atoms with van der Waals surface area (Å²) < 4.78 is 5.66. The first-order chi connectivity index (χ1) is 11.2. The fourth-order valence-electron chi connectivity index (χ4n) is 2.78. The Morgan fingerprint density at radius 3 is 2.74 bits per heavy atom. The van der Waals surface area contributed by atoms with Gasteiger partial charge in [0.05, 0.1) is 5.75 Å². The van der Waals surface area contributed by atoms with Gasteiger partial charge in [-0.25, -0.2) is 0 Å². The number of benzene rings is 1. The van der Waals surface area contributed by atoms with Crippen LogP contribution in [0.25, 0.3) is 0 Å². The SMILES string of the molecule is O=C(NC1CCCC1)c1ccc(CSCc2ccccc2Cl)o1. The van der Waals surface area contributed by atoms with Crippen molar-refractivity contribution in [2.75, 3.05) is 0 Å². The normalized spacial score (nSPS) is 15.0. The van der Waals surface area contributed by atoms with Crippen LogP contribution in [0.1, 0.15) is 47.6 Å². The molecule has 0 spiro atoms. The molecule has 0 radical (unpaired) electrons. The van der Waals surface area contributed by atoms with Crippen LogP contribution in [0.4, 0.5) is 0 Å². The van der Waals surface area contributed by atoms with E-state index in [9.17, 15) is 4.79 Å². The molecular formula is C18H20ClNO2S. The first-order valence-electron chi connectivity index (χ1n) is 7.93. The molecule has 1 amide bonds. The molecule has 1 fully saturated rings. The highest BCUT2D eigenvalue weighted by molar-refractivity contribution is 7.97. The smallest absolute Gasteiger partial charge is 0.287 e. The van der Waals surface area contributed by atoms with E-state index in [0.717, 1.165) is 40.7 Å². The number of rotatable bonds is 6. The van der Waals surface area contributed by atoms with E-state index in [1.165, 1.54) is 12.8 Å². The van der Waals surface area contributed by atoms with Crippen molar-refractivity contribution in [2.24, 2.45) is 0 Å². The Kier molecular flexibility index (Phi) is 5.68. The van der Waals surface area contributed by atoms with Gasteiger partial charge in [-0.3, -0.25) is 4.79 Å². The number of furan rings is 1. The molecule has 1 aromatic carbocycles. The third-order valence-corrected chi connectivity index (χ3v) is 5.41. The molecule has 0 unspecified atom stereocenters. The number of hydrogen-bond donors (Lipinski definition) is 1. The van der Waals surface area contributed by atoms with Crippen LogP contribution in [0.15, 0.2) is 40.8 Å². The highest BCUT2D eigenvalue weighted by Gasteiger charge is 2.19. The van der Waals surface area contributed by atoms with E-state index in [1.807, 2.05) is 30.3 Å². The van der Waals surface area contributed by atoms with Crippen LogP contribution in [0.3, 0.4) is 0 Å². The summed E-state index contributed by atoms with van der Waals surface area (Å²) in [6.45, 7) is 0. The average Bonchev–Trinajstić information content (AvgIpc) is 3.21. The molecule has 2 aromatic rings. The summed E-state index contributed by atoms with van der Waals surface area (Å²) in [5.41, 5.74) is 1.12. The van der Waals surface area contributed by atoms with Crippen LogP contribution < -0.4 is 5.32 Å². The molecule has 5 heteroatoms. The van der Waals surface area contributed by atoms with E-state index in [2.05, 4.69) is 5.32 Å². The topological polar surface area (TPSA) is 42.2 Å². The average molecular weight is 350 g/mol. The lowest BCUT2D eigenvalue weighted by atomic mass is 10.2. The largest absolute Gasteiger partial charge is 0.455 e. The molecule has 1 aliphatic carbocycles. The zero-order valence-electron chi connectivity index (χ0n) is 12.9. The first-order valence-corrected chi connectivity index (χ1v) is 9.46. The van der Waals surface area contributed by atoms with Gasteiger partial charge in [0.2, 0.25) is 0 Å². The molecule has 23 heavy (non-hydrogen) atoms. The third kappa shape index (κ3) is 4.55. The summed E-state index contributed by atoms with van der Waals surface area (Å²) in [5, 5.41) is 3.83. The molecular weight excluding hydrogens is 330 g/mol. The lowest BCUT2D eigenvalue weighted by Gasteiger charge is -2.09. The standard InChI is InChI=1S/C18H20ClNO2S/c19-16-8-4-1-5-13(16)11-23-12-15-9-10-17(22-15)18(21)20-14-6-2-3-7-14/h1,4-5,8-10,14H,2-3,6-7,11-12H2,(H,20,21). The molecule has 3 nitrogen and oxygen atoms in total. The summed E-state index contributed by atoms with van der Waals surface area (Å²) in [4.78, 5) is 12.1. The van der Waals surface area contributed by atoms with Gasteiger partial charge in [-0.2, -0.15) is 0 Å². The second-order valence-corrected chi connectivity index (χ2v) is 7.20. The molecule has 0 atom stereocenters. The zero-order chi connectivity index (χ0) is 16.1. The maximum atomic E-state index is 12.1. The second kappa shape index (κ2) is 7.93. The van der Waals surface area contributed by atoms with E-state index >= 15 is 0 Å². The van der Waals surface area contributed by atoms with Gasteiger partial charge < -0.3 is 9.73 Å². The molecule has 1 N–H and O–H groups in total. The van der Waals surface area contributed by atoms with Crippen molar-refractivity contribution < 1.29 is 9.21 Å². The third-order valence-electron chi connectivity index (χ3n) is 4.04. The van der Waals surface area contributed by atoms with Crippen LogP contribution in [-0.2, 0) is 11.5 Å². The molecule has 3 rings (SSSR count). The summed E-state index contributed by atoms with van der Waals surface area (Å²) >= 11 is 7.86. The van der Waals surface area contributed by atoms with Gasteiger partial charge in [-0.05, 0) is 36.6 Å². The Morgan fingerprint density at radius 2 is 1.96 bits per heavy atom. The predicted octanol–water partition coefficient (Wildman–Crippen LogP) is 5.04. The number of thioether (sulfide) groups is 1. The Hall–Kier alpha value is -1.39. The number of carbonyl (C=O) groups is 1. The molecule has 1 aliphatic rings. The van der Waals surface area contributed by atoms with Gasteiger partial charge >= 0.3 is 0 Å². The van der Waals surface area contributed by atoms with Crippen LogP contribution in [-0.4, -0.2) is 11.9 Å². The van der Waals surface area contributed by atoms with Gasteiger partial charge in [0.15, 0.2) is 5.76 Å². The van der Waals surface area contributed by atoms with Crippen molar-refractivity contribution in [3.63, 3.8) is 0 Å². The van der Waals surface area contributed by atoms with Crippen molar-refractivity contribution in [3.8, 4) is 0 Å². The highest BCUT2D eigenvalue weighted by Crippen LogP contribution is 2.24. The second-order valence-electron chi connectivity index (χ2n) is 5.81. The minimum atomic E-state index is -0.0979. The maximum absolute atomic E-state index is 12.1. The Labute approximate surface area is 145 Å². The summed E-state index contributed by atoms with van der Waals surface area (Å²) in [5.74, 6) is 2.68. The lowest BCUT2D eigenvalue weighted by Crippen LogP contribution is -2.32. The van der Waals surface area contributed by atoms with E-state index in [0.29, 0.717) is 11.8 Å². The number of nitrogens with one attached hydrogen (secondary N) is 1. The first kappa shape index (κ1) is 16.5. The van der Waals surface area contributed by atoms with Crippen molar-refractivity contribution in [1.82, 2.24) is 5.32 Å². The molecule has 0 bridgehead atoms. The molecule has 1 saturated carbocycles. The molecule has 122 valence electrons. The number of hydrogen-bond acceptors (Lipinski definition) is 3. The molecule has 0 aliphatic heterocycles. The van der Waals surface area contributed by atoms with Crippen molar-refractivity contribution in [1.29, 1.82) is 0 Å². The van der Waals surface area contributed by atoms with E-state index < -0.39 is 0 Å². The number of carbonyl (C=O) groups excluding carboxylic acids is 1. The Morgan fingerprint density at radius 1 is 1.17 bits per heavy atom. The quantitative estimate of drug-likeness (QED) is 0.794. The van der Waals surface area contributed by atoms with Crippen LogP contribution in [0.5, 0.6) is 0 Å². The van der Waals surface area contributed by atoms with Gasteiger partial charge in [-0.1, -0.05) is 42.6 Å². The van der Waals surface area contributed by atoms with Gasteiger partial charge in [0.1, 0.15) is 5.76 Å². The highest BCUT2D eigenvalue weighted by atomic mass is 35.5. The number of halogens is 1. The Balaban J connectivity index is 1.49. The lowest BCUT2D eigenvalue weighted by molar-refractivity contribution is 0.0908. The van der Waals surface area contributed by atoms with Crippen LogP contribution in [0.2, 0.25) is 5.02 Å². The minimum absolute atomic E-state index is 0.0979. The minimum Gasteiger partial charge on any atom is -0.455 e. The molecule has 1 aromatic heterocycles. The number of amides is 1. The summed E-state index contributed by atoms with van der Waals surface area (Å²) in [6, 6.07) is 11.8. The van der Waals surface area contributed by atoms with E-state index in [1.54, 1.807) is 17.8 Å². The fourth-order valence-corrected chi connectivity index (χ4v) is 3.99. The monoisotopic (exact) mass is 349 g/mol. The van der Waals surface area contributed by atoms with Crippen molar-refractivity contribution in [3.05, 3.63) is 58.5 Å². The maximum Gasteiger partial charge on any atom is 0.287 e. The van der Waals surface area contributed by atoms with Gasteiger partial charge in [0.25, 0.3) is 5.91 Å². The van der Waals surface area contributed by atoms with E-state index in [-0.39, 0.29) is 5.91 Å². The molecule has 1 heterocycles. The van der Waals surface area contributed by atoms with Gasteiger partial charge in [0, 0.05) is 16.8 Å². The predicted molar refractivity (Wildman–Crippen MR) is 94.9 cm³/mol. The van der Waals surface area contributed by atoms with Crippen molar-refractivity contribution in [2.45, 2.75) is 43.2 Å². The summed E-state index contributed by atoms with van der Waals surface area (Å²) in [6.07, 6.45) is 4.56. The Bertz CT molecular complexity index is 665.